The smallest absolute Gasteiger partial charge is 0.295 e. The molecule has 1 heterocycles. The van der Waals surface area contributed by atoms with Crippen LogP contribution in [0.1, 0.15) is 57.2 Å². The molecule has 8 heteroatoms. The average Bonchev–Trinajstić information content (AvgIpc) is 3.15. The number of hydrogen-bond acceptors (Lipinski definition) is 7. The first kappa shape index (κ1) is 28.1. The molecule has 2 aromatic carbocycles. The second-order valence-corrected chi connectivity index (χ2v) is 8.64. The number of carbonyl (C=O) groups is 2. The standard InChI is InChI=1S/C29H37NO7/c1-5-8-18-37-23-15-12-21(19-24(23)36-7-3)26-25(28(32)29(33)30(26)16-9-17-34-4)27(31)20-10-13-22(14-11-20)35-6-2/h10-15,19,26,31H,5-9,16-18H2,1-4H3/b27-25+. The van der Waals surface area contributed by atoms with E-state index < -0.39 is 17.7 Å². The summed E-state index contributed by atoms with van der Waals surface area (Å²) in [5.74, 6) is 0.156. The molecule has 1 saturated heterocycles. The van der Waals surface area contributed by atoms with Crippen LogP contribution in [0.5, 0.6) is 17.2 Å². The Morgan fingerprint density at radius 2 is 1.62 bits per heavy atom. The van der Waals surface area contributed by atoms with Gasteiger partial charge in [0.1, 0.15) is 11.5 Å². The zero-order chi connectivity index (χ0) is 26.8. The molecule has 0 aliphatic carbocycles. The number of nitrogens with zero attached hydrogens (tertiary/aromatic N) is 1. The number of benzene rings is 2. The summed E-state index contributed by atoms with van der Waals surface area (Å²) in [6.07, 6.45) is 2.46. The molecule has 2 aromatic rings. The molecule has 8 nitrogen and oxygen atoms in total. The number of hydrogen-bond donors (Lipinski definition) is 1. The minimum absolute atomic E-state index is 0.0358. The van der Waals surface area contributed by atoms with Gasteiger partial charge in [-0.05, 0) is 68.7 Å². The zero-order valence-corrected chi connectivity index (χ0v) is 22.1. The summed E-state index contributed by atoms with van der Waals surface area (Å²) >= 11 is 0. The topological polar surface area (TPSA) is 94.5 Å². The van der Waals surface area contributed by atoms with Gasteiger partial charge in [0.25, 0.3) is 11.7 Å². The van der Waals surface area contributed by atoms with E-state index in [0.717, 1.165) is 12.8 Å². The van der Waals surface area contributed by atoms with E-state index in [-0.39, 0.29) is 11.3 Å². The highest BCUT2D eigenvalue weighted by Gasteiger charge is 2.46. The molecule has 3 rings (SSSR count). The van der Waals surface area contributed by atoms with Crippen molar-refractivity contribution in [2.75, 3.05) is 40.1 Å². The van der Waals surface area contributed by atoms with Gasteiger partial charge in [0.05, 0.1) is 31.4 Å². The van der Waals surface area contributed by atoms with Crippen LogP contribution in [0.2, 0.25) is 0 Å². The Morgan fingerprint density at radius 1 is 0.892 bits per heavy atom. The summed E-state index contributed by atoms with van der Waals surface area (Å²) in [5, 5.41) is 11.3. The van der Waals surface area contributed by atoms with Crippen LogP contribution in [0.3, 0.4) is 0 Å². The van der Waals surface area contributed by atoms with Crippen molar-refractivity contribution in [2.45, 2.75) is 46.1 Å². The number of ketones is 1. The molecule has 1 aliphatic rings. The van der Waals surface area contributed by atoms with Crippen LogP contribution in [0.15, 0.2) is 48.0 Å². The van der Waals surface area contributed by atoms with Crippen molar-refractivity contribution in [2.24, 2.45) is 0 Å². The monoisotopic (exact) mass is 511 g/mol. The molecule has 1 fully saturated rings. The Labute approximate surface area is 218 Å². The van der Waals surface area contributed by atoms with E-state index in [1.165, 1.54) is 4.90 Å². The Hall–Kier alpha value is -3.52. The quantitative estimate of drug-likeness (QED) is 0.163. The number of rotatable bonds is 14. The number of carbonyl (C=O) groups excluding carboxylic acids is 2. The van der Waals surface area contributed by atoms with Gasteiger partial charge in [0.2, 0.25) is 0 Å². The fraction of sp³-hybridized carbons (Fsp3) is 0.448. The van der Waals surface area contributed by atoms with Gasteiger partial charge < -0.3 is 29.0 Å². The second kappa shape index (κ2) is 13.7. The Kier molecular flexibility index (Phi) is 10.4. The lowest BCUT2D eigenvalue weighted by Crippen LogP contribution is -2.31. The molecule has 0 radical (unpaired) electrons. The van der Waals surface area contributed by atoms with Crippen molar-refractivity contribution in [3.63, 3.8) is 0 Å². The molecule has 37 heavy (non-hydrogen) atoms. The molecular weight excluding hydrogens is 474 g/mol. The molecule has 0 spiro atoms. The molecule has 1 amide bonds. The number of unbranched alkanes of at least 4 members (excludes halogenated alkanes) is 1. The summed E-state index contributed by atoms with van der Waals surface area (Å²) in [4.78, 5) is 27.9. The highest BCUT2D eigenvalue weighted by molar-refractivity contribution is 6.46. The van der Waals surface area contributed by atoms with E-state index in [1.54, 1.807) is 43.5 Å². The zero-order valence-electron chi connectivity index (χ0n) is 22.1. The minimum Gasteiger partial charge on any atom is -0.507 e. The van der Waals surface area contributed by atoms with Gasteiger partial charge in [-0.2, -0.15) is 0 Å². The van der Waals surface area contributed by atoms with E-state index >= 15 is 0 Å². The molecule has 0 bridgehead atoms. The minimum atomic E-state index is -0.785. The predicted octanol–water partition coefficient (Wildman–Crippen LogP) is 5.12. The van der Waals surface area contributed by atoms with Crippen LogP contribution < -0.4 is 14.2 Å². The molecule has 1 unspecified atom stereocenters. The lowest BCUT2D eigenvalue weighted by Gasteiger charge is -2.26. The molecule has 0 saturated carbocycles. The van der Waals surface area contributed by atoms with Crippen LogP contribution in [0.25, 0.3) is 5.76 Å². The largest absolute Gasteiger partial charge is 0.507 e. The van der Waals surface area contributed by atoms with Crippen molar-refractivity contribution in [3.05, 3.63) is 59.2 Å². The van der Waals surface area contributed by atoms with Crippen molar-refractivity contribution in [1.82, 2.24) is 4.90 Å². The van der Waals surface area contributed by atoms with Gasteiger partial charge >= 0.3 is 0 Å². The lowest BCUT2D eigenvalue weighted by molar-refractivity contribution is -0.140. The molecular formula is C29H37NO7. The Bertz CT molecular complexity index is 1090. The highest BCUT2D eigenvalue weighted by atomic mass is 16.5. The number of amides is 1. The van der Waals surface area contributed by atoms with Crippen LogP contribution in [0.4, 0.5) is 0 Å². The van der Waals surface area contributed by atoms with Gasteiger partial charge in [-0.15, -0.1) is 0 Å². The first-order valence-corrected chi connectivity index (χ1v) is 12.9. The Balaban J connectivity index is 2.08. The SMILES string of the molecule is CCCCOc1ccc(C2/C(=C(\O)c3ccc(OCC)cc3)C(=O)C(=O)N2CCCOC)cc1OCC. The van der Waals surface area contributed by atoms with Gasteiger partial charge in [0, 0.05) is 25.8 Å². The molecule has 0 aromatic heterocycles. The first-order chi connectivity index (χ1) is 18.0. The summed E-state index contributed by atoms with van der Waals surface area (Å²) in [7, 11) is 1.59. The summed E-state index contributed by atoms with van der Waals surface area (Å²) < 4.78 is 22.4. The summed E-state index contributed by atoms with van der Waals surface area (Å²) in [6.45, 7) is 8.08. The average molecular weight is 512 g/mol. The maximum atomic E-state index is 13.2. The maximum absolute atomic E-state index is 13.2. The van der Waals surface area contributed by atoms with Crippen molar-refractivity contribution >= 4 is 17.4 Å². The van der Waals surface area contributed by atoms with Crippen LogP contribution in [0, 0.1) is 0 Å². The third-order valence-corrected chi connectivity index (χ3v) is 6.06. The van der Waals surface area contributed by atoms with Crippen LogP contribution >= 0.6 is 0 Å². The number of methoxy groups -OCH3 is 1. The van der Waals surface area contributed by atoms with Gasteiger partial charge in [-0.3, -0.25) is 9.59 Å². The van der Waals surface area contributed by atoms with E-state index in [0.29, 0.717) is 67.8 Å². The maximum Gasteiger partial charge on any atom is 0.295 e. The van der Waals surface area contributed by atoms with Crippen LogP contribution in [-0.4, -0.2) is 61.8 Å². The van der Waals surface area contributed by atoms with E-state index in [1.807, 2.05) is 19.9 Å². The highest BCUT2D eigenvalue weighted by Crippen LogP contribution is 2.42. The van der Waals surface area contributed by atoms with E-state index in [9.17, 15) is 14.7 Å². The number of likely N-dealkylation sites (tertiary alicyclic amines) is 1. The fourth-order valence-corrected chi connectivity index (χ4v) is 4.28. The Morgan fingerprint density at radius 3 is 2.27 bits per heavy atom. The van der Waals surface area contributed by atoms with Gasteiger partial charge in [0.15, 0.2) is 11.5 Å². The fourth-order valence-electron chi connectivity index (χ4n) is 4.28. The summed E-state index contributed by atoms with van der Waals surface area (Å²) in [5.41, 5.74) is 1.11. The number of ether oxygens (including phenoxy) is 4. The number of aliphatic hydroxyl groups is 1. The number of Topliss-reactive ketones (excluding diaryl/α,β-unsaturated/α-hetero) is 1. The predicted molar refractivity (Wildman–Crippen MR) is 141 cm³/mol. The second-order valence-electron chi connectivity index (χ2n) is 8.64. The third-order valence-electron chi connectivity index (χ3n) is 6.06. The molecule has 1 atom stereocenters. The molecule has 1 N–H and O–H groups in total. The van der Waals surface area contributed by atoms with Crippen molar-refractivity contribution in [1.29, 1.82) is 0 Å². The lowest BCUT2D eigenvalue weighted by atomic mass is 9.95. The normalized spacial score (nSPS) is 16.8. The van der Waals surface area contributed by atoms with Crippen molar-refractivity contribution in [3.8, 4) is 17.2 Å². The molecule has 1 aliphatic heterocycles. The molecule has 200 valence electrons. The van der Waals surface area contributed by atoms with Crippen molar-refractivity contribution < 1.29 is 33.6 Å². The first-order valence-electron chi connectivity index (χ1n) is 12.9. The van der Waals surface area contributed by atoms with Gasteiger partial charge in [-0.25, -0.2) is 0 Å². The number of aliphatic hydroxyl groups excluding tert-OH is 1. The third kappa shape index (κ3) is 6.63. The van der Waals surface area contributed by atoms with E-state index in [2.05, 4.69) is 6.92 Å². The van der Waals surface area contributed by atoms with Gasteiger partial charge in [-0.1, -0.05) is 19.4 Å². The van der Waals surface area contributed by atoms with Crippen LogP contribution in [-0.2, 0) is 14.3 Å². The van der Waals surface area contributed by atoms with E-state index in [4.69, 9.17) is 18.9 Å². The summed E-state index contributed by atoms with van der Waals surface area (Å²) in [6, 6.07) is 11.4.